The van der Waals surface area contributed by atoms with E-state index in [1.807, 2.05) is 25.2 Å². The Hall–Kier alpha value is -2.88. The second kappa shape index (κ2) is 5.15. The van der Waals surface area contributed by atoms with Gasteiger partial charge in [0.25, 0.3) is 0 Å². The van der Waals surface area contributed by atoms with Gasteiger partial charge in [-0.3, -0.25) is 15.5 Å². The van der Waals surface area contributed by atoms with Crippen LogP contribution in [0.5, 0.6) is 0 Å². The minimum Gasteiger partial charge on any atom is -0.397 e. The third kappa shape index (κ3) is 2.39. The summed E-state index contributed by atoms with van der Waals surface area (Å²) in [6, 6.07) is 3.10. The molecule has 1 aliphatic heterocycles. The van der Waals surface area contributed by atoms with Gasteiger partial charge in [-0.05, 0) is 6.07 Å². The average Bonchev–Trinajstić information content (AvgIpc) is 3.04. The Bertz CT molecular complexity index is 802. The number of thiophene rings is 1. The van der Waals surface area contributed by atoms with Gasteiger partial charge in [0, 0.05) is 32.4 Å². The van der Waals surface area contributed by atoms with E-state index in [-0.39, 0.29) is 5.00 Å². The molecule has 0 fully saturated rings. The Morgan fingerprint density at radius 3 is 2.86 bits per heavy atom. The first-order chi connectivity index (χ1) is 10.5. The van der Waals surface area contributed by atoms with E-state index >= 15 is 0 Å². The highest BCUT2D eigenvalue weighted by Gasteiger charge is 2.22. The van der Waals surface area contributed by atoms with Crippen LogP contribution in [-0.4, -0.2) is 38.8 Å². The molecule has 0 unspecified atom stereocenters. The van der Waals surface area contributed by atoms with Crippen LogP contribution >= 0.6 is 11.3 Å². The van der Waals surface area contributed by atoms with Gasteiger partial charge < -0.3 is 10.6 Å². The molecule has 0 spiro atoms. The van der Waals surface area contributed by atoms with Gasteiger partial charge in [-0.15, -0.1) is 10.2 Å². The van der Waals surface area contributed by atoms with Gasteiger partial charge in [0.2, 0.25) is 0 Å². The number of nitrogens with zero attached hydrogens (tertiary/aromatic N) is 5. The van der Waals surface area contributed by atoms with Crippen molar-refractivity contribution < 1.29 is 4.92 Å². The van der Waals surface area contributed by atoms with Crippen molar-refractivity contribution in [2.75, 3.05) is 19.5 Å². The Kier molecular flexibility index (Phi) is 3.29. The van der Waals surface area contributed by atoms with Crippen LogP contribution in [0.2, 0.25) is 0 Å². The molecule has 1 aliphatic rings. The number of hydrogen-bond acceptors (Lipinski definition) is 8. The lowest BCUT2D eigenvalue weighted by molar-refractivity contribution is -0.380. The van der Waals surface area contributed by atoms with Crippen molar-refractivity contribution in [2.45, 2.75) is 0 Å². The predicted octanol–water partition coefficient (Wildman–Crippen LogP) is 1.17. The first-order valence-electron chi connectivity index (χ1n) is 6.28. The second-order valence-corrected chi connectivity index (χ2v) is 5.89. The summed E-state index contributed by atoms with van der Waals surface area (Å²) in [6.07, 6.45) is 3.53. The van der Waals surface area contributed by atoms with Gasteiger partial charge in [-0.1, -0.05) is 11.3 Å². The number of nitro groups is 1. The molecule has 0 aliphatic carbocycles. The highest BCUT2D eigenvalue weighted by Crippen LogP contribution is 2.32. The van der Waals surface area contributed by atoms with Gasteiger partial charge in [-0.25, -0.2) is 4.68 Å². The smallest absolute Gasteiger partial charge is 0.324 e. The summed E-state index contributed by atoms with van der Waals surface area (Å²) in [7, 11) is 3.76. The van der Waals surface area contributed by atoms with Crippen LogP contribution in [0.25, 0.3) is 16.8 Å². The molecule has 2 aromatic heterocycles. The molecular weight excluding hydrogens is 306 g/mol. The minimum atomic E-state index is -0.426. The quantitative estimate of drug-likeness (QED) is 0.644. The summed E-state index contributed by atoms with van der Waals surface area (Å²) in [6.45, 7) is 0. The zero-order valence-electron chi connectivity index (χ0n) is 11.8. The van der Waals surface area contributed by atoms with Crippen molar-refractivity contribution in [3.63, 3.8) is 0 Å². The van der Waals surface area contributed by atoms with Gasteiger partial charge in [0.1, 0.15) is 0 Å². The van der Waals surface area contributed by atoms with Crippen LogP contribution in [0.1, 0.15) is 5.82 Å². The topological polar surface area (TPSA) is 115 Å². The van der Waals surface area contributed by atoms with E-state index in [1.165, 1.54) is 6.07 Å². The number of rotatable bonds is 3. The van der Waals surface area contributed by atoms with Crippen LogP contribution < -0.4 is 11.2 Å². The predicted molar refractivity (Wildman–Crippen MR) is 83.3 cm³/mol. The first-order valence-corrected chi connectivity index (χ1v) is 7.10. The van der Waals surface area contributed by atoms with Crippen LogP contribution in [0, 0.1) is 10.1 Å². The van der Waals surface area contributed by atoms with Crippen molar-refractivity contribution in [3.05, 3.63) is 45.7 Å². The van der Waals surface area contributed by atoms with E-state index in [4.69, 9.17) is 5.73 Å². The Balaban J connectivity index is 2.03. The third-order valence-corrected chi connectivity index (χ3v) is 3.93. The Morgan fingerprint density at radius 2 is 2.23 bits per heavy atom. The summed E-state index contributed by atoms with van der Waals surface area (Å²) >= 11 is 1.04. The van der Waals surface area contributed by atoms with E-state index in [1.54, 1.807) is 16.8 Å². The van der Waals surface area contributed by atoms with E-state index in [0.717, 1.165) is 11.3 Å². The normalized spacial score (nSPS) is 15.2. The van der Waals surface area contributed by atoms with Crippen LogP contribution in [-0.2, 0) is 0 Å². The molecule has 0 atom stereocenters. The van der Waals surface area contributed by atoms with Crippen LogP contribution in [0.3, 0.4) is 0 Å². The molecule has 10 heteroatoms. The number of nitrogens with one attached hydrogen (secondary N) is 1. The molecule has 0 bridgehead atoms. The number of fused-ring (bicyclic) bond motifs is 1. The molecule has 114 valence electrons. The molecule has 22 heavy (non-hydrogen) atoms. The largest absolute Gasteiger partial charge is 0.397 e. The Morgan fingerprint density at radius 1 is 1.45 bits per heavy atom. The van der Waals surface area contributed by atoms with Crippen molar-refractivity contribution in [2.24, 2.45) is 5.73 Å². The lowest BCUT2D eigenvalue weighted by Crippen LogP contribution is -2.26. The number of hydrogen-bond donors (Lipinski definition) is 2. The van der Waals surface area contributed by atoms with Crippen molar-refractivity contribution >= 4 is 22.4 Å². The molecule has 0 radical (unpaired) electrons. The van der Waals surface area contributed by atoms with Gasteiger partial charge >= 0.3 is 5.00 Å². The van der Waals surface area contributed by atoms with Gasteiger partial charge in [0.15, 0.2) is 11.6 Å². The third-order valence-electron chi connectivity index (χ3n) is 2.90. The zero-order valence-corrected chi connectivity index (χ0v) is 12.7. The molecule has 9 nitrogen and oxygen atoms in total. The maximum atomic E-state index is 10.8. The fraction of sp³-hybridized carbons (Fsp3) is 0.167. The Labute approximate surface area is 129 Å². The van der Waals surface area contributed by atoms with Crippen molar-refractivity contribution in [1.82, 2.24) is 19.8 Å². The summed E-state index contributed by atoms with van der Waals surface area (Å²) in [5.41, 5.74) is 10.3. The standard InChI is InChI=1S/C12H13N7O2S/c1-17(2)6-8-7(13)5-10-14-15-12(18(10)16-8)9-3-4-11(22-9)19(20)21/h3-6,16H,13H2,1-2H3. The maximum Gasteiger partial charge on any atom is 0.324 e. The molecule has 2 aromatic rings. The molecule has 3 N–H and O–H groups in total. The van der Waals surface area contributed by atoms with E-state index < -0.39 is 4.92 Å². The monoisotopic (exact) mass is 319 g/mol. The molecule has 3 rings (SSSR count). The molecule has 0 amide bonds. The van der Waals surface area contributed by atoms with E-state index in [0.29, 0.717) is 27.9 Å². The lowest BCUT2D eigenvalue weighted by Gasteiger charge is -2.20. The fourth-order valence-corrected chi connectivity index (χ4v) is 2.76. The van der Waals surface area contributed by atoms with Crippen molar-refractivity contribution in [1.29, 1.82) is 0 Å². The summed E-state index contributed by atoms with van der Waals surface area (Å²) in [5.74, 6) is 1.04. The molecule has 0 saturated heterocycles. The highest BCUT2D eigenvalue weighted by atomic mass is 32.1. The number of nitrogens with two attached hydrogens (primary N) is 1. The molecule has 0 saturated carbocycles. The maximum absolute atomic E-state index is 10.8. The minimum absolute atomic E-state index is 0.0577. The van der Waals surface area contributed by atoms with Crippen molar-refractivity contribution in [3.8, 4) is 10.7 Å². The average molecular weight is 319 g/mol. The van der Waals surface area contributed by atoms with Crippen LogP contribution in [0.4, 0.5) is 5.00 Å². The molecular formula is C12H13N7O2S. The highest BCUT2D eigenvalue weighted by molar-refractivity contribution is 7.18. The van der Waals surface area contributed by atoms with E-state index in [2.05, 4.69) is 15.6 Å². The first kappa shape index (κ1) is 14.1. The summed E-state index contributed by atoms with van der Waals surface area (Å²) < 4.78 is 1.65. The second-order valence-electron chi connectivity index (χ2n) is 4.83. The van der Waals surface area contributed by atoms with Gasteiger partial charge in [0.05, 0.1) is 21.2 Å². The zero-order chi connectivity index (χ0) is 15.9. The SMILES string of the molecule is CN(C)C=C1Nn2c(nnc2-c2ccc([N+](=O)[O-])s2)C=C1N. The summed E-state index contributed by atoms with van der Waals surface area (Å²) in [4.78, 5) is 12.9. The molecule has 0 aromatic carbocycles. The number of aromatic nitrogens is 3. The summed E-state index contributed by atoms with van der Waals surface area (Å²) in [5, 5.41) is 19.0. The van der Waals surface area contributed by atoms with Gasteiger partial charge in [-0.2, -0.15) is 0 Å². The van der Waals surface area contributed by atoms with E-state index in [9.17, 15) is 10.1 Å². The van der Waals surface area contributed by atoms with Crippen LogP contribution in [0.15, 0.2) is 29.7 Å². The molecule has 3 heterocycles. The fourth-order valence-electron chi connectivity index (χ4n) is 1.97. The lowest BCUT2D eigenvalue weighted by atomic mass is 10.3.